The van der Waals surface area contributed by atoms with Crippen LogP contribution in [0.25, 0.3) is 0 Å². The Kier molecular flexibility index (Phi) is 10.7. The summed E-state index contributed by atoms with van der Waals surface area (Å²) in [6.45, 7) is 11.2. The van der Waals surface area contributed by atoms with Gasteiger partial charge in [-0.25, -0.2) is 0 Å². The molecule has 17 heavy (non-hydrogen) atoms. The maximum atomic E-state index is 4.68. The standard InChI is InChI=1S/C6H7NS3.C6H15N/c8-6(9)7-4-5-2-1-3-10-5;1-4-7(5-2)6-3/h1-3H,4H2,(H2,7,8,9);4-6H2,1-3H3. The zero-order valence-corrected chi connectivity index (χ0v) is 13.2. The van der Waals surface area contributed by atoms with Crippen molar-refractivity contribution in [2.45, 2.75) is 27.3 Å². The van der Waals surface area contributed by atoms with Gasteiger partial charge in [0.2, 0.25) is 0 Å². The second-order valence-corrected chi connectivity index (χ2v) is 5.64. The maximum Gasteiger partial charge on any atom is 0.0742 e. The molecule has 0 saturated heterocycles. The summed E-state index contributed by atoms with van der Waals surface area (Å²) >= 11 is 11.1. The Morgan fingerprint density at radius 1 is 1.35 bits per heavy atom. The lowest BCUT2D eigenvalue weighted by atomic mass is 10.5. The third-order valence-corrected chi connectivity index (χ3v) is 3.65. The Morgan fingerprint density at radius 2 is 1.94 bits per heavy atom. The van der Waals surface area contributed by atoms with Crippen molar-refractivity contribution in [1.82, 2.24) is 5.32 Å². The number of thiocarbonyl (C=S) groups is 1. The van der Waals surface area contributed by atoms with E-state index >= 15 is 0 Å². The number of rotatable bonds is 5. The van der Waals surface area contributed by atoms with Gasteiger partial charge in [0.1, 0.15) is 0 Å². The first-order chi connectivity index (χ1) is 8.13. The molecule has 0 aliphatic rings. The van der Waals surface area contributed by atoms with Crippen molar-refractivity contribution in [1.29, 1.82) is 0 Å². The van der Waals surface area contributed by atoms with Crippen molar-refractivity contribution in [3.05, 3.63) is 22.4 Å². The van der Waals surface area contributed by atoms with E-state index in [1.807, 2.05) is 17.5 Å². The SMILES string of the molecule is CC[NH+](CC)CC.S=C([S-])NCc1cccs1. The number of thiophene rings is 1. The Bertz CT molecular complexity index is 276. The fourth-order valence-corrected chi connectivity index (χ4v) is 2.11. The summed E-state index contributed by atoms with van der Waals surface area (Å²) in [6.07, 6.45) is 0. The minimum absolute atomic E-state index is 0.438. The van der Waals surface area contributed by atoms with Gasteiger partial charge in [0.25, 0.3) is 0 Å². The van der Waals surface area contributed by atoms with Crippen LogP contribution < -0.4 is 10.2 Å². The molecule has 0 fully saturated rings. The summed E-state index contributed by atoms with van der Waals surface area (Å²) in [7, 11) is 0. The number of nitrogens with one attached hydrogen (secondary N) is 2. The molecule has 0 aromatic carbocycles. The topological polar surface area (TPSA) is 16.5 Å². The van der Waals surface area contributed by atoms with E-state index in [4.69, 9.17) is 0 Å². The van der Waals surface area contributed by atoms with Crippen LogP contribution in [-0.4, -0.2) is 24.0 Å². The Labute approximate surface area is 120 Å². The first-order valence-corrected chi connectivity index (χ1v) is 7.64. The highest BCUT2D eigenvalue weighted by Gasteiger charge is 1.92. The molecule has 0 bridgehead atoms. The first kappa shape index (κ1) is 16.8. The van der Waals surface area contributed by atoms with Crippen LogP contribution in [0.4, 0.5) is 0 Å². The van der Waals surface area contributed by atoms with Gasteiger partial charge >= 0.3 is 0 Å². The van der Waals surface area contributed by atoms with E-state index in [9.17, 15) is 0 Å². The van der Waals surface area contributed by atoms with E-state index in [-0.39, 0.29) is 0 Å². The summed E-state index contributed by atoms with van der Waals surface area (Å²) < 4.78 is 0.438. The molecule has 1 aromatic heterocycles. The molecule has 5 heteroatoms. The Morgan fingerprint density at radius 3 is 2.24 bits per heavy atom. The van der Waals surface area contributed by atoms with Crippen molar-refractivity contribution < 1.29 is 4.90 Å². The van der Waals surface area contributed by atoms with Crippen molar-refractivity contribution in [2.75, 3.05) is 19.6 Å². The molecule has 0 saturated carbocycles. The molecule has 0 amide bonds. The lowest BCUT2D eigenvalue weighted by Gasteiger charge is -2.10. The van der Waals surface area contributed by atoms with Crippen LogP contribution in [0.3, 0.4) is 0 Å². The maximum absolute atomic E-state index is 4.68. The number of hydrogen-bond donors (Lipinski definition) is 2. The highest BCUT2D eigenvalue weighted by molar-refractivity contribution is 8.00. The van der Waals surface area contributed by atoms with Crippen LogP contribution in [-0.2, 0) is 19.2 Å². The third kappa shape index (κ3) is 9.47. The van der Waals surface area contributed by atoms with Gasteiger partial charge in [0.15, 0.2) is 0 Å². The quantitative estimate of drug-likeness (QED) is 0.633. The first-order valence-electron chi connectivity index (χ1n) is 5.94. The zero-order chi connectivity index (χ0) is 13.1. The predicted octanol–water partition coefficient (Wildman–Crippen LogP) is 1.60. The summed E-state index contributed by atoms with van der Waals surface area (Å²) in [4.78, 5) is 2.94. The summed E-state index contributed by atoms with van der Waals surface area (Å²) in [5.74, 6) is 0. The van der Waals surface area contributed by atoms with Gasteiger partial charge in [-0.2, -0.15) is 0 Å². The van der Waals surface area contributed by atoms with E-state index in [0.717, 1.165) is 6.54 Å². The van der Waals surface area contributed by atoms with Crippen LogP contribution in [0, 0.1) is 0 Å². The fourth-order valence-electron chi connectivity index (χ4n) is 1.32. The van der Waals surface area contributed by atoms with Crippen molar-refractivity contribution >= 4 is 40.5 Å². The zero-order valence-electron chi connectivity index (χ0n) is 10.8. The van der Waals surface area contributed by atoms with E-state index in [1.54, 1.807) is 16.2 Å². The molecule has 0 radical (unpaired) electrons. The summed E-state index contributed by atoms with van der Waals surface area (Å²) in [5.41, 5.74) is 0. The highest BCUT2D eigenvalue weighted by atomic mass is 32.1. The summed E-state index contributed by atoms with van der Waals surface area (Å²) in [6, 6.07) is 4.05. The molecule has 2 N–H and O–H groups in total. The van der Waals surface area contributed by atoms with Crippen LogP contribution >= 0.6 is 23.6 Å². The molecule has 1 aromatic rings. The van der Waals surface area contributed by atoms with Crippen LogP contribution in [0.5, 0.6) is 0 Å². The smallest absolute Gasteiger partial charge is 0.0742 e. The van der Waals surface area contributed by atoms with Crippen molar-refractivity contribution in [3.8, 4) is 0 Å². The molecule has 0 unspecified atom stereocenters. The van der Waals surface area contributed by atoms with Gasteiger partial charge in [0.05, 0.1) is 19.6 Å². The average molecular weight is 291 g/mol. The molecule has 1 heterocycles. The van der Waals surface area contributed by atoms with Gasteiger partial charge in [-0.15, -0.1) is 11.3 Å². The van der Waals surface area contributed by atoms with Gasteiger partial charge in [-0.05, 0) is 32.2 Å². The lowest BCUT2D eigenvalue weighted by Crippen LogP contribution is -3.11. The van der Waals surface area contributed by atoms with Crippen molar-refractivity contribution in [3.63, 3.8) is 0 Å². The number of hydrogen-bond acceptors (Lipinski definition) is 3. The second kappa shape index (κ2) is 10.9. The Balaban J connectivity index is 0.000000325. The fraction of sp³-hybridized carbons (Fsp3) is 0.583. The molecule has 1 rings (SSSR count). The van der Waals surface area contributed by atoms with Gasteiger partial charge in [0, 0.05) is 11.4 Å². The third-order valence-electron chi connectivity index (χ3n) is 2.49. The van der Waals surface area contributed by atoms with Gasteiger partial charge < -0.3 is 35.1 Å². The molecule has 0 spiro atoms. The number of quaternary nitrogens is 1. The minimum Gasteiger partial charge on any atom is -0.412 e. The van der Waals surface area contributed by atoms with Crippen molar-refractivity contribution in [2.24, 2.45) is 0 Å². The van der Waals surface area contributed by atoms with Crippen LogP contribution in [0.1, 0.15) is 25.6 Å². The largest absolute Gasteiger partial charge is 0.412 e. The van der Waals surface area contributed by atoms with E-state index in [0.29, 0.717) is 4.32 Å². The normalized spacial score (nSPS) is 9.65. The molecule has 98 valence electrons. The Hall–Kier alpha value is -0.230. The monoisotopic (exact) mass is 290 g/mol. The minimum atomic E-state index is 0.438. The van der Waals surface area contributed by atoms with Crippen LogP contribution in [0.15, 0.2) is 17.5 Å². The lowest BCUT2D eigenvalue weighted by molar-refractivity contribution is -0.894. The molecule has 0 aliphatic heterocycles. The highest BCUT2D eigenvalue weighted by Crippen LogP contribution is 2.06. The van der Waals surface area contributed by atoms with E-state index in [2.05, 4.69) is 50.9 Å². The van der Waals surface area contributed by atoms with Gasteiger partial charge in [-0.1, -0.05) is 10.4 Å². The van der Waals surface area contributed by atoms with Crippen LogP contribution in [0.2, 0.25) is 0 Å². The molecular weight excluding hydrogens is 268 g/mol. The average Bonchev–Trinajstić information content (AvgIpc) is 2.82. The summed E-state index contributed by atoms with van der Waals surface area (Å²) in [5, 5.41) is 4.94. The molecule has 0 atom stereocenters. The second-order valence-electron chi connectivity index (χ2n) is 3.53. The molecule has 0 aliphatic carbocycles. The van der Waals surface area contributed by atoms with Gasteiger partial charge in [-0.3, -0.25) is 0 Å². The molecule has 2 nitrogen and oxygen atoms in total. The predicted molar refractivity (Wildman–Crippen MR) is 83.7 cm³/mol. The molecular formula is C12H22N2S3. The van der Waals surface area contributed by atoms with E-state index < -0.39 is 0 Å². The van der Waals surface area contributed by atoms with E-state index in [1.165, 1.54) is 24.5 Å².